The van der Waals surface area contributed by atoms with Gasteiger partial charge in [-0.05, 0) is 48.9 Å². The molecule has 2 N–H and O–H groups in total. The van der Waals surface area contributed by atoms with Crippen LogP contribution in [0.2, 0.25) is 0 Å². The normalized spacial score (nSPS) is 15.6. The quantitative estimate of drug-likeness (QED) is 0.805. The molecule has 134 valence electrons. The van der Waals surface area contributed by atoms with Crippen molar-refractivity contribution in [1.82, 2.24) is 0 Å². The van der Waals surface area contributed by atoms with Crippen molar-refractivity contribution in [2.45, 2.75) is 26.2 Å². The summed E-state index contributed by atoms with van der Waals surface area (Å²) in [5.41, 5.74) is 1.71. The first kappa shape index (κ1) is 18.0. The topological polar surface area (TPSA) is 99.4 Å². The highest BCUT2D eigenvalue weighted by Crippen LogP contribution is 2.39. The van der Waals surface area contributed by atoms with E-state index in [2.05, 4.69) is 18.3 Å². The third kappa shape index (κ3) is 3.86. The summed E-state index contributed by atoms with van der Waals surface area (Å²) in [4.78, 5) is 25.2. The van der Waals surface area contributed by atoms with Crippen LogP contribution < -0.4 is 5.32 Å². The van der Waals surface area contributed by atoms with Crippen molar-refractivity contribution in [1.29, 1.82) is 5.26 Å². The summed E-state index contributed by atoms with van der Waals surface area (Å²) in [5, 5.41) is 22.0. The van der Waals surface area contributed by atoms with Crippen molar-refractivity contribution in [2.24, 2.45) is 5.92 Å². The minimum absolute atomic E-state index is 0.0547. The number of thiophene rings is 1. The van der Waals surface area contributed by atoms with Crippen molar-refractivity contribution < 1.29 is 19.4 Å². The lowest BCUT2D eigenvalue weighted by Crippen LogP contribution is -2.20. The van der Waals surface area contributed by atoms with E-state index in [1.54, 1.807) is 0 Å². The Morgan fingerprint density at radius 2 is 2.27 bits per heavy atom. The molecule has 0 saturated heterocycles. The second-order valence-corrected chi connectivity index (χ2v) is 7.45. The van der Waals surface area contributed by atoms with Crippen LogP contribution in [-0.4, -0.2) is 23.6 Å². The second kappa shape index (κ2) is 7.58. The first-order valence-electron chi connectivity index (χ1n) is 8.28. The number of carbonyl (C=O) groups is 2. The van der Waals surface area contributed by atoms with Crippen LogP contribution in [0.4, 0.5) is 5.00 Å². The van der Waals surface area contributed by atoms with Crippen LogP contribution in [0.3, 0.4) is 0 Å². The number of hydrogen-bond acceptors (Lipinski definition) is 6. The molecule has 26 heavy (non-hydrogen) atoms. The van der Waals surface area contributed by atoms with E-state index in [1.165, 1.54) is 35.6 Å². The van der Waals surface area contributed by atoms with Gasteiger partial charge < -0.3 is 15.2 Å². The Morgan fingerprint density at radius 3 is 3.00 bits per heavy atom. The molecule has 0 radical (unpaired) electrons. The molecule has 1 amide bonds. The lowest BCUT2D eigenvalue weighted by Gasteiger charge is -2.17. The summed E-state index contributed by atoms with van der Waals surface area (Å²) in [6.45, 7) is 1.71. The first-order chi connectivity index (χ1) is 12.5. The lowest BCUT2D eigenvalue weighted by molar-refractivity contribution is -0.119. The molecule has 1 atom stereocenters. The molecule has 1 aromatic carbocycles. The average molecular weight is 370 g/mol. The lowest BCUT2D eigenvalue weighted by atomic mass is 9.89. The Balaban J connectivity index is 1.64. The van der Waals surface area contributed by atoms with Crippen LogP contribution in [0.5, 0.6) is 5.75 Å². The Kier molecular flexibility index (Phi) is 5.24. The number of phenolic OH excluding ortho intramolecular Hbond substituents is 1. The van der Waals surface area contributed by atoms with E-state index < -0.39 is 18.5 Å². The maximum atomic E-state index is 12.1. The van der Waals surface area contributed by atoms with E-state index in [0.717, 1.165) is 29.7 Å². The predicted molar refractivity (Wildman–Crippen MR) is 97.2 cm³/mol. The zero-order chi connectivity index (χ0) is 18.7. The van der Waals surface area contributed by atoms with Gasteiger partial charge in [0.25, 0.3) is 5.91 Å². The van der Waals surface area contributed by atoms with E-state index in [1.807, 2.05) is 0 Å². The Labute approximate surface area is 155 Å². The molecule has 1 aliphatic rings. The number of anilines is 1. The van der Waals surface area contributed by atoms with E-state index in [0.29, 0.717) is 16.5 Å². The van der Waals surface area contributed by atoms with Crippen molar-refractivity contribution in [3.05, 3.63) is 45.8 Å². The van der Waals surface area contributed by atoms with Crippen LogP contribution in [-0.2, 0) is 22.4 Å². The predicted octanol–water partition coefficient (Wildman–Crippen LogP) is 3.25. The summed E-state index contributed by atoms with van der Waals surface area (Å²) in [6.07, 6.45) is 2.79. The van der Waals surface area contributed by atoms with E-state index >= 15 is 0 Å². The van der Waals surface area contributed by atoms with Gasteiger partial charge >= 0.3 is 5.97 Å². The van der Waals surface area contributed by atoms with Gasteiger partial charge in [0.05, 0.1) is 11.1 Å². The number of esters is 1. The molecule has 3 rings (SSSR count). The number of nitrogens with one attached hydrogen (secondary N) is 1. The van der Waals surface area contributed by atoms with E-state index in [-0.39, 0.29) is 11.3 Å². The number of phenols is 1. The Bertz CT molecular complexity index is 897. The molecule has 1 heterocycles. The van der Waals surface area contributed by atoms with Gasteiger partial charge in [-0.3, -0.25) is 4.79 Å². The summed E-state index contributed by atoms with van der Waals surface area (Å²) < 4.78 is 4.97. The Morgan fingerprint density at radius 1 is 1.46 bits per heavy atom. The number of rotatable bonds is 4. The largest absolute Gasteiger partial charge is 0.508 e. The molecule has 0 bridgehead atoms. The number of aromatic hydroxyl groups is 1. The van der Waals surface area contributed by atoms with Crippen molar-refractivity contribution in [3.8, 4) is 11.8 Å². The minimum atomic E-state index is -0.698. The number of nitriles is 1. The van der Waals surface area contributed by atoms with Gasteiger partial charge in [-0.1, -0.05) is 13.0 Å². The summed E-state index contributed by atoms with van der Waals surface area (Å²) in [7, 11) is 0. The first-order valence-corrected chi connectivity index (χ1v) is 9.10. The zero-order valence-corrected chi connectivity index (χ0v) is 15.1. The highest BCUT2D eigenvalue weighted by molar-refractivity contribution is 7.16. The van der Waals surface area contributed by atoms with Gasteiger partial charge in [0.2, 0.25) is 0 Å². The third-order valence-corrected chi connectivity index (χ3v) is 5.46. The zero-order valence-electron chi connectivity index (χ0n) is 14.2. The number of carbonyl (C=O) groups excluding carboxylic acids is 2. The number of fused-ring (bicyclic) bond motifs is 1. The van der Waals surface area contributed by atoms with Gasteiger partial charge in [0.15, 0.2) is 6.61 Å². The molecule has 0 unspecified atom stereocenters. The Hall–Kier alpha value is -2.85. The highest BCUT2D eigenvalue weighted by Gasteiger charge is 2.24. The van der Waals surface area contributed by atoms with Crippen molar-refractivity contribution in [2.75, 3.05) is 11.9 Å². The second-order valence-electron chi connectivity index (χ2n) is 6.34. The standard InChI is InChI=1S/C19H18N2O4S/c1-11-5-6-14-15(9-20)18(26-16(14)7-11)21-17(23)10-25-19(24)12-3-2-4-13(22)8-12/h2-4,8,11,22H,5-7,10H2,1H3,(H,21,23)/t11-/m0/s1. The fourth-order valence-electron chi connectivity index (χ4n) is 2.97. The fourth-order valence-corrected chi connectivity index (χ4v) is 4.34. The van der Waals surface area contributed by atoms with Crippen molar-refractivity contribution >= 4 is 28.2 Å². The molecule has 0 aliphatic heterocycles. The molecule has 6 nitrogen and oxygen atoms in total. The van der Waals surface area contributed by atoms with Gasteiger partial charge in [-0.15, -0.1) is 11.3 Å². The van der Waals surface area contributed by atoms with E-state index in [4.69, 9.17) is 4.74 Å². The van der Waals surface area contributed by atoms with Crippen LogP contribution in [0, 0.1) is 17.2 Å². The number of ether oxygens (including phenoxy) is 1. The molecule has 0 spiro atoms. The van der Waals surface area contributed by atoms with Gasteiger partial charge in [-0.25, -0.2) is 4.79 Å². The maximum Gasteiger partial charge on any atom is 0.338 e. The van der Waals surface area contributed by atoms with Crippen LogP contribution in [0.15, 0.2) is 24.3 Å². The number of benzene rings is 1. The molecule has 1 aromatic heterocycles. The van der Waals surface area contributed by atoms with Gasteiger partial charge in [-0.2, -0.15) is 5.26 Å². The number of hydrogen-bond donors (Lipinski definition) is 2. The molecular weight excluding hydrogens is 352 g/mol. The minimum Gasteiger partial charge on any atom is -0.508 e. The molecule has 2 aromatic rings. The summed E-state index contributed by atoms with van der Waals surface area (Å²) in [6, 6.07) is 7.89. The van der Waals surface area contributed by atoms with Crippen LogP contribution >= 0.6 is 11.3 Å². The van der Waals surface area contributed by atoms with Crippen LogP contribution in [0.1, 0.15) is 39.7 Å². The SMILES string of the molecule is C[C@H]1CCc2c(sc(NC(=O)COC(=O)c3cccc(O)c3)c2C#N)C1. The summed E-state index contributed by atoms with van der Waals surface area (Å²) in [5.74, 6) is -0.682. The highest BCUT2D eigenvalue weighted by atomic mass is 32.1. The number of amides is 1. The number of nitrogens with zero attached hydrogens (tertiary/aromatic N) is 1. The molecule has 0 fully saturated rings. The molecule has 7 heteroatoms. The monoisotopic (exact) mass is 370 g/mol. The van der Waals surface area contributed by atoms with Gasteiger partial charge in [0, 0.05) is 4.88 Å². The van der Waals surface area contributed by atoms with Crippen molar-refractivity contribution in [3.63, 3.8) is 0 Å². The smallest absolute Gasteiger partial charge is 0.338 e. The molecule has 1 aliphatic carbocycles. The summed E-state index contributed by atoms with van der Waals surface area (Å²) >= 11 is 1.42. The van der Waals surface area contributed by atoms with Crippen LogP contribution in [0.25, 0.3) is 0 Å². The van der Waals surface area contributed by atoms with E-state index in [9.17, 15) is 20.0 Å². The third-order valence-electron chi connectivity index (χ3n) is 4.29. The molecular formula is C19H18N2O4S. The van der Waals surface area contributed by atoms with Gasteiger partial charge in [0.1, 0.15) is 16.8 Å². The fraction of sp³-hybridized carbons (Fsp3) is 0.316. The maximum absolute atomic E-state index is 12.1. The molecule has 0 saturated carbocycles. The average Bonchev–Trinajstić information content (AvgIpc) is 2.95.